The SMILES string of the molecule is C=C(N)c1c(C)c2cc(Cl)cc(-c3ccc(C#N)cc3)c2n1C. The van der Waals surface area contributed by atoms with Crippen LogP contribution in [0.25, 0.3) is 27.7 Å². The molecule has 3 nitrogen and oxygen atoms in total. The van der Waals surface area contributed by atoms with Crippen LogP contribution in [0.5, 0.6) is 0 Å². The quantitative estimate of drug-likeness (QED) is 0.749. The fourth-order valence-electron chi connectivity index (χ4n) is 3.14. The van der Waals surface area contributed by atoms with Crippen LogP contribution in [0.3, 0.4) is 0 Å². The molecule has 0 unspecified atom stereocenters. The summed E-state index contributed by atoms with van der Waals surface area (Å²) in [4.78, 5) is 0. The minimum absolute atomic E-state index is 0.531. The second-order valence-electron chi connectivity index (χ2n) is 5.60. The van der Waals surface area contributed by atoms with Crippen molar-refractivity contribution in [2.24, 2.45) is 12.8 Å². The first-order valence-electron chi connectivity index (χ1n) is 7.18. The van der Waals surface area contributed by atoms with Crippen molar-refractivity contribution < 1.29 is 0 Å². The summed E-state index contributed by atoms with van der Waals surface area (Å²) in [7, 11) is 1.98. The Morgan fingerprint density at radius 2 is 1.91 bits per heavy atom. The summed E-state index contributed by atoms with van der Waals surface area (Å²) in [5, 5.41) is 10.7. The third-order valence-corrected chi connectivity index (χ3v) is 4.35. The van der Waals surface area contributed by atoms with Crippen molar-refractivity contribution in [1.82, 2.24) is 4.57 Å². The molecule has 0 atom stereocenters. The Morgan fingerprint density at radius 3 is 2.48 bits per heavy atom. The molecule has 0 aliphatic heterocycles. The average molecular weight is 322 g/mol. The van der Waals surface area contributed by atoms with Gasteiger partial charge >= 0.3 is 0 Å². The van der Waals surface area contributed by atoms with E-state index in [2.05, 4.69) is 17.2 Å². The largest absolute Gasteiger partial charge is 0.398 e. The third-order valence-electron chi connectivity index (χ3n) is 4.13. The first-order chi connectivity index (χ1) is 10.9. The lowest BCUT2D eigenvalue weighted by atomic mass is 10.0. The molecular formula is C19H16ClN3. The molecule has 0 aliphatic rings. The first kappa shape index (κ1) is 15.2. The van der Waals surface area contributed by atoms with Crippen LogP contribution in [0.2, 0.25) is 5.02 Å². The van der Waals surface area contributed by atoms with E-state index in [4.69, 9.17) is 22.6 Å². The molecule has 4 heteroatoms. The van der Waals surface area contributed by atoms with Gasteiger partial charge in [0.25, 0.3) is 0 Å². The van der Waals surface area contributed by atoms with Gasteiger partial charge in [0.2, 0.25) is 0 Å². The zero-order valence-corrected chi connectivity index (χ0v) is 13.8. The van der Waals surface area contributed by atoms with Gasteiger partial charge in [-0.1, -0.05) is 30.3 Å². The molecular weight excluding hydrogens is 306 g/mol. The van der Waals surface area contributed by atoms with Gasteiger partial charge < -0.3 is 10.3 Å². The predicted octanol–water partition coefficient (Wildman–Crippen LogP) is 4.61. The van der Waals surface area contributed by atoms with Crippen LogP contribution >= 0.6 is 11.6 Å². The topological polar surface area (TPSA) is 54.7 Å². The van der Waals surface area contributed by atoms with Crippen molar-refractivity contribution in [1.29, 1.82) is 5.26 Å². The van der Waals surface area contributed by atoms with Crippen LogP contribution in [0.15, 0.2) is 43.0 Å². The molecule has 0 bridgehead atoms. The average Bonchev–Trinajstić information content (AvgIpc) is 2.78. The summed E-state index contributed by atoms with van der Waals surface area (Å²) >= 11 is 6.33. The molecule has 0 amide bonds. The molecule has 0 saturated carbocycles. The molecule has 0 aliphatic carbocycles. The highest BCUT2D eigenvalue weighted by molar-refractivity contribution is 6.32. The van der Waals surface area contributed by atoms with Gasteiger partial charge in [-0.2, -0.15) is 5.26 Å². The Morgan fingerprint density at radius 1 is 1.26 bits per heavy atom. The van der Waals surface area contributed by atoms with Crippen LogP contribution in [0, 0.1) is 18.3 Å². The van der Waals surface area contributed by atoms with E-state index >= 15 is 0 Å². The normalized spacial score (nSPS) is 10.7. The van der Waals surface area contributed by atoms with Crippen molar-refractivity contribution >= 4 is 28.2 Å². The molecule has 0 radical (unpaired) electrons. The van der Waals surface area contributed by atoms with Crippen LogP contribution in [0.1, 0.15) is 16.8 Å². The molecule has 3 rings (SSSR count). The number of nitrogens with two attached hydrogens (primary N) is 1. The summed E-state index contributed by atoms with van der Waals surface area (Å²) in [5.41, 5.74) is 12.2. The Balaban J connectivity index is 2.38. The standard InChI is InChI=1S/C19H16ClN3/c1-11-16-8-15(20)9-17(14-6-4-13(10-21)5-7-14)19(16)23(3)18(11)12(2)22/h4-9H,2,22H2,1,3H3. The fourth-order valence-corrected chi connectivity index (χ4v) is 3.36. The lowest BCUT2D eigenvalue weighted by molar-refractivity contribution is 0.939. The second-order valence-corrected chi connectivity index (χ2v) is 6.03. The number of nitriles is 1. The van der Waals surface area contributed by atoms with Gasteiger partial charge in [0.1, 0.15) is 0 Å². The monoisotopic (exact) mass is 321 g/mol. The Hall–Kier alpha value is -2.70. The van der Waals surface area contributed by atoms with E-state index in [1.807, 2.05) is 38.2 Å². The first-order valence-corrected chi connectivity index (χ1v) is 7.55. The van der Waals surface area contributed by atoms with Gasteiger partial charge in [-0.25, -0.2) is 0 Å². The number of rotatable bonds is 2. The van der Waals surface area contributed by atoms with E-state index in [0.717, 1.165) is 33.3 Å². The zero-order chi connectivity index (χ0) is 16.7. The molecule has 114 valence electrons. The maximum Gasteiger partial charge on any atom is 0.0991 e. The maximum absolute atomic E-state index is 8.96. The second kappa shape index (κ2) is 5.49. The number of nitrogens with zero attached hydrogens (tertiary/aromatic N) is 2. The van der Waals surface area contributed by atoms with E-state index < -0.39 is 0 Å². The molecule has 2 aromatic carbocycles. The molecule has 23 heavy (non-hydrogen) atoms. The van der Waals surface area contributed by atoms with Crippen LogP contribution in [0.4, 0.5) is 0 Å². The molecule has 0 saturated heterocycles. The highest BCUT2D eigenvalue weighted by Gasteiger charge is 2.17. The summed E-state index contributed by atoms with van der Waals surface area (Å²) in [6.45, 7) is 5.90. The molecule has 0 spiro atoms. The van der Waals surface area contributed by atoms with E-state index in [1.165, 1.54) is 0 Å². The zero-order valence-electron chi connectivity index (χ0n) is 13.0. The summed E-state index contributed by atoms with van der Waals surface area (Å²) in [6, 6.07) is 13.5. The summed E-state index contributed by atoms with van der Waals surface area (Å²) in [6.07, 6.45) is 0. The fraction of sp³-hybridized carbons (Fsp3) is 0.105. The third kappa shape index (κ3) is 2.38. The molecule has 1 heterocycles. The highest BCUT2D eigenvalue weighted by atomic mass is 35.5. The lowest BCUT2D eigenvalue weighted by Gasteiger charge is -2.09. The van der Waals surface area contributed by atoms with Gasteiger partial charge in [-0.05, 0) is 42.3 Å². The number of halogens is 1. The van der Waals surface area contributed by atoms with Gasteiger partial charge in [0.05, 0.1) is 22.8 Å². The Kier molecular flexibility index (Phi) is 3.63. The summed E-state index contributed by atoms with van der Waals surface area (Å²) in [5.74, 6) is 0. The van der Waals surface area contributed by atoms with Crippen molar-refractivity contribution in [2.75, 3.05) is 0 Å². The predicted molar refractivity (Wildman–Crippen MR) is 96.0 cm³/mol. The van der Waals surface area contributed by atoms with E-state index in [-0.39, 0.29) is 0 Å². The van der Waals surface area contributed by atoms with E-state index in [1.54, 1.807) is 12.1 Å². The maximum atomic E-state index is 8.96. The number of hydrogen-bond donors (Lipinski definition) is 1. The smallest absolute Gasteiger partial charge is 0.0991 e. The van der Waals surface area contributed by atoms with E-state index in [9.17, 15) is 0 Å². The number of benzene rings is 2. The molecule has 3 aromatic rings. The minimum Gasteiger partial charge on any atom is -0.398 e. The van der Waals surface area contributed by atoms with Gasteiger partial charge in [0, 0.05) is 28.7 Å². The van der Waals surface area contributed by atoms with Crippen LogP contribution < -0.4 is 5.73 Å². The molecule has 2 N–H and O–H groups in total. The minimum atomic E-state index is 0.531. The van der Waals surface area contributed by atoms with Gasteiger partial charge in [-0.3, -0.25) is 0 Å². The lowest BCUT2D eigenvalue weighted by Crippen LogP contribution is -2.03. The number of fused-ring (bicyclic) bond motifs is 1. The molecule has 1 aromatic heterocycles. The number of hydrogen-bond acceptors (Lipinski definition) is 2. The number of aromatic nitrogens is 1. The van der Waals surface area contributed by atoms with Crippen molar-refractivity contribution in [2.45, 2.75) is 6.92 Å². The highest BCUT2D eigenvalue weighted by Crippen LogP contribution is 2.37. The van der Waals surface area contributed by atoms with E-state index in [0.29, 0.717) is 16.3 Å². The van der Waals surface area contributed by atoms with Gasteiger partial charge in [-0.15, -0.1) is 0 Å². The van der Waals surface area contributed by atoms with Crippen molar-refractivity contribution in [3.8, 4) is 17.2 Å². The Labute approximate surface area is 140 Å². The van der Waals surface area contributed by atoms with Crippen LogP contribution in [-0.2, 0) is 7.05 Å². The van der Waals surface area contributed by atoms with Crippen molar-refractivity contribution in [3.05, 3.63) is 64.8 Å². The van der Waals surface area contributed by atoms with Gasteiger partial charge in [0.15, 0.2) is 0 Å². The Bertz CT molecular complexity index is 973. The van der Waals surface area contributed by atoms with Crippen molar-refractivity contribution in [3.63, 3.8) is 0 Å². The van der Waals surface area contributed by atoms with Crippen LogP contribution in [-0.4, -0.2) is 4.57 Å². The molecule has 0 fully saturated rings. The summed E-state index contributed by atoms with van der Waals surface area (Å²) < 4.78 is 2.05. The number of aryl methyl sites for hydroxylation is 2.